The summed E-state index contributed by atoms with van der Waals surface area (Å²) in [6.45, 7) is 1.68. The fraction of sp³-hybridized carbons (Fsp3) is 0.500. The van der Waals surface area contributed by atoms with Crippen molar-refractivity contribution in [3.8, 4) is 5.75 Å². The van der Waals surface area contributed by atoms with E-state index in [0.29, 0.717) is 18.4 Å². The molecule has 0 radical (unpaired) electrons. The number of phenolic OH excluding ortho intramolecular Hbond substituents is 1. The highest BCUT2D eigenvalue weighted by molar-refractivity contribution is 5.83. The molecule has 2 N–H and O–H groups in total. The lowest BCUT2D eigenvalue weighted by molar-refractivity contribution is 0.301. The first-order valence-corrected chi connectivity index (χ1v) is 6.53. The third-order valence-corrected chi connectivity index (χ3v) is 3.54. The number of hydrogen-bond donors (Lipinski definition) is 2. The minimum atomic E-state index is 0.135. The number of hydrogen-bond acceptors (Lipinski definition) is 4. The first kappa shape index (κ1) is 11.5. The molecule has 0 saturated carbocycles. The van der Waals surface area contributed by atoms with Crippen molar-refractivity contribution < 1.29 is 9.84 Å². The quantitative estimate of drug-likeness (QED) is 0.849. The molecule has 2 aliphatic heterocycles. The molecule has 4 nitrogen and oxygen atoms in total. The number of aliphatic imine (C=N–C) groups is 1. The van der Waals surface area contributed by atoms with Crippen molar-refractivity contribution in [3.05, 3.63) is 29.8 Å². The minimum Gasteiger partial charge on any atom is -0.508 e. The number of phenols is 1. The van der Waals surface area contributed by atoms with Crippen molar-refractivity contribution in [1.82, 2.24) is 5.32 Å². The highest BCUT2D eigenvalue weighted by atomic mass is 16.5. The van der Waals surface area contributed by atoms with E-state index in [2.05, 4.69) is 10.3 Å². The van der Waals surface area contributed by atoms with Gasteiger partial charge in [0, 0.05) is 6.42 Å². The molecule has 0 amide bonds. The molecule has 0 aliphatic carbocycles. The zero-order chi connectivity index (χ0) is 12.4. The van der Waals surface area contributed by atoms with Crippen LogP contribution in [0.4, 0.5) is 0 Å². The number of rotatable bonds is 3. The zero-order valence-electron chi connectivity index (χ0n) is 10.3. The van der Waals surface area contributed by atoms with Crippen LogP contribution in [0.1, 0.15) is 18.4 Å². The Hall–Kier alpha value is -1.55. The smallest absolute Gasteiger partial charge is 0.201 e. The van der Waals surface area contributed by atoms with Gasteiger partial charge in [0.05, 0.1) is 12.1 Å². The summed E-state index contributed by atoms with van der Waals surface area (Å²) in [6, 6.07) is 7.87. The first-order chi connectivity index (χ1) is 8.83. The molecule has 96 valence electrons. The Morgan fingerprint density at radius 2 is 2.28 bits per heavy atom. The van der Waals surface area contributed by atoms with Crippen molar-refractivity contribution in [3.63, 3.8) is 0 Å². The SMILES string of the molecule is Oc1ccccc1CC1COC(C2CCCN2)=N1. The Bertz CT molecular complexity index is 453. The van der Waals surface area contributed by atoms with Crippen LogP contribution in [0, 0.1) is 0 Å². The summed E-state index contributed by atoms with van der Waals surface area (Å²) < 4.78 is 5.67. The third kappa shape index (κ3) is 2.34. The molecule has 3 rings (SSSR count). The molecule has 2 atom stereocenters. The molecule has 0 bridgehead atoms. The summed E-state index contributed by atoms with van der Waals surface area (Å²) in [5.41, 5.74) is 0.940. The van der Waals surface area contributed by atoms with E-state index in [4.69, 9.17) is 4.74 Å². The van der Waals surface area contributed by atoms with Gasteiger partial charge in [-0.2, -0.15) is 0 Å². The predicted octanol–water partition coefficient (Wildman–Crippen LogP) is 1.48. The first-order valence-electron chi connectivity index (χ1n) is 6.53. The van der Waals surface area contributed by atoms with Crippen LogP contribution >= 0.6 is 0 Å². The maximum Gasteiger partial charge on any atom is 0.201 e. The highest BCUT2D eigenvalue weighted by Gasteiger charge is 2.28. The third-order valence-electron chi connectivity index (χ3n) is 3.54. The topological polar surface area (TPSA) is 53.9 Å². The molecule has 2 heterocycles. The van der Waals surface area contributed by atoms with E-state index < -0.39 is 0 Å². The summed E-state index contributed by atoms with van der Waals surface area (Å²) in [4.78, 5) is 4.63. The molecule has 1 aromatic carbocycles. The Balaban J connectivity index is 1.66. The van der Waals surface area contributed by atoms with Gasteiger partial charge in [-0.1, -0.05) is 18.2 Å². The van der Waals surface area contributed by atoms with E-state index in [0.717, 1.165) is 30.8 Å². The van der Waals surface area contributed by atoms with E-state index in [1.54, 1.807) is 6.07 Å². The molecule has 1 aromatic rings. The monoisotopic (exact) mass is 246 g/mol. The van der Waals surface area contributed by atoms with Crippen LogP contribution in [0.2, 0.25) is 0 Å². The fourth-order valence-electron chi connectivity index (χ4n) is 2.56. The van der Waals surface area contributed by atoms with E-state index in [1.807, 2.05) is 18.2 Å². The van der Waals surface area contributed by atoms with Crippen LogP contribution in [0.25, 0.3) is 0 Å². The number of aromatic hydroxyl groups is 1. The summed E-state index contributed by atoms with van der Waals surface area (Å²) in [5, 5.41) is 13.1. The molecule has 1 fully saturated rings. The van der Waals surface area contributed by atoms with Gasteiger partial charge in [-0.15, -0.1) is 0 Å². The van der Waals surface area contributed by atoms with Crippen LogP contribution in [-0.2, 0) is 11.2 Å². The van der Waals surface area contributed by atoms with Crippen LogP contribution in [0.15, 0.2) is 29.3 Å². The average molecular weight is 246 g/mol. The standard InChI is InChI=1S/C14H18N2O2/c17-13-6-2-1-4-10(13)8-11-9-18-14(16-11)12-5-3-7-15-12/h1-2,4,6,11-12,15,17H,3,5,7-9H2. The van der Waals surface area contributed by atoms with E-state index in [1.165, 1.54) is 6.42 Å². The number of nitrogens with zero attached hydrogens (tertiary/aromatic N) is 1. The van der Waals surface area contributed by atoms with Gasteiger partial charge < -0.3 is 15.2 Å². The number of ether oxygens (including phenoxy) is 1. The number of para-hydroxylation sites is 1. The van der Waals surface area contributed by atoms with Gasteiger partial charge in [0.1, 0.15) is 12.4 Å². The minimum absolute atomic E-state index is 0.135. The second-order valence-corrected chi connectivity index (χ2v) is 4.91. The summed E-state index contributed by atoms with van der Waals surface area (Å²) in [5.74, 6) is 1.20. The lowest BCUT2D eigenvalue weighted by atomic mass is 10.1. The molecular weight excluding hydrogens is 228 g/mol. The molecule has 0 spiro atoms. The molecule has 18 heavy (non-hydrogen) atoms. The second kappa shape index (κ2) is 4.98. The largest absolute Gasteiger partial charge is 0.508 e. The second-order valence-electron chi connectivity index (χ2n) is 4.91. The van der Waals surface area contributed by atoms with Gasteiger partial charge in [0.25, 0.3) is 0 Å². The molecule has 2 aliphatic rings. The van der Waals surface area contributed by atoms with E-state index in [-0.39, 0.29) is 6.04 Å². The van der Waals surface area contributed by atoms with Crippen molar-refractivity contribution in [2.75, 3.05) is 13.2 Å². The average Bonchev–Trinajstić information content (AvgIpc) is 3.02. The van der Waals surface area contributed by atoms with Crippen LogP contribution in [0.5, 0.6) is 5.75 Å². The molecule has 2 unspecified atom stereocenters. The summed E-state index contributed by atoms with van der Waals surface area (Å²) in [6.07, 6.45) is 3.04. The number of nitrogens with one attached hydrogen (secondary N) is 1. The molecule has 4 heteroatoms. The molecule has 1 saturated heterocycles. The maximum atomic E-state index is 9.75. The van der Waals surface area contributed by atoms with Gasteiger partial charge in [0.2, 0.25) is 5.90 Å². The normalized spacial score (nSPS) is 27.0. The van der Waals surface area contributed by atoms with Gasteiger partial charge in [-0.25, -0.2) is 4.99 Å². The lowest BCUT2D eigenvalue weighted by Crippen LogP contribution is -2.30. The Morgan fingerprint density at radius 1 is 1.39 bits per heavy atom. The molecular formula is C14H18N2O2. The van der Waals surface area contributed by atoms with Gasteiger partial charge in [-0.3, -0.25) is 0 Å². The Kier molecular flexibility index (Phi) is 3.19. The van der Waals surface area contributed by atoms with E-state index in [9.17, 15) is 5.11 Å². The van der Waals surface area contributed by atoms with Gasteiger partial charge in [-0.05, 0) is 31.0 Å². The Morgan fingerprint density at radius 3 is 3.06 bits per heavy atom. The van der Waals surface area contributed by atoms with Crippen molar-refractivity contribution in [2.45, 2.75) is 31.3 Å². The summed E-state index contributed by atoms with van der Waals surface area (Å²) in [7, 11) is 0. The summed E-state index contributed by atoms with van der Waals surface area (Å²) >= 11 is 0. The fourth-order valence-corrected chi connectivity index (χ4v) is 2.56. The van der Waals surface area contributed by atoms with Crippen molar-refractivity contribution in [1.29, 1.82) is 0 Å². The molecule has 0 aromatic heterocycles. The van der Waals surface area contributed by atoms with Gasteiger partial charge in [0.15, 0.2) is 0 Å². The van der Waals surface area contributed by atoms with E-state index >= 15 is 0 Å². The van der Waals surface area contributed by atoms with Crippen molar-refractivity contribution in [2.24, 2.45) is 4.99 Å². The maximum absolute atomic E-state index is 9.75. The number of benzene rings is 1. The van der Waals surface area contributed by atoms with Gasteiger partial charge >= 0.3 is 0 Å². The van der Waals surface area contributed by atoms with Crippen molar-refractivity contribution >= 4 is 5.90 Å². The highest BCUT2D eigenvalue weighted by Crippen LogP contribution is 2.21. The predicted molar refractivity (Wildman–Crippen MR) is 70.0 cm³/mol. The van der Waals surface area contributed by atoms with Crippen LogP contribution in [0.3, 0.4) is 0 Å². The van der Waals surface area contributed by atoms with Crippen LogP contribution in [-0.4, -0.2) is 36.2 Å². The Labute approximate surface area is 107 Å². The zero-order valence-corrected chi connectivity index (χ0v) is 10.3. The lowest BCUT2D eigenvalue weighted by Gasteiger charge is -2.08. The van der Waals surface area contributed by atoms with Crippen LogP contribution < -0.4 is 5.32 Å².